The maximum absolute atomic E-state index is 10.7. The largest absolute Gasteiger partial charge is 0.508 e. The van der Waals surface area contributed by atoms with Gasteiger partial charge in [0.05, 0.1) is 27.6 Å². The Morgan fingerprint density at radius 2 is 1.14 bits per heavy atom. The van der Waals surface area contributed by atoms with E-state index in [4.69, 9.17) is 28.8 Å². The van der Waals surface area contributed by atoms with E-state index in [1.807, 2.05) is 48.5 Å². The van der Waals surface area contributed by atoms with Crippen molar-refractivity contribution in [2.24, 2.45) is 0 Å². The standard InChI is InChI=1S/C11H12O3.C10H12O2.C9H10O2/c1-3-11(12)14-8-9-4-6-10(13-2)7-5-9;1-3-12-8-9-4-6-10(11-2)7-5-9;1-7(10)8-3-5-9(11-2)6-4-8/h3-7H,1,8H2,2H3;3-7H,1,8H2,2H3;3-6,10H,1H2,2H3. The fourth-order valence-corrected chi connectivity index (χ4v) is 2.60. The summed E-state index contributed by atoms with van der Waals surface area (Å²) in [4.78, 5) is 10.7. The maximum Gasteiger partial charge on any atom is 0.330 e. The zero-order valence-corrected chi connectivity index (χ0v) is 21.5. The molecule has 3 aromatic rings. The first-order valence-corrected chi connectivity index (χ1v) is 11.2. The van der Waals surface area contributed by atoms with Crippen molar-refractivity contribution in [3.63, 3.8) is 0 Å². The van der Waals surface area contributed by atoms with E-state index in [0.29, 0.717) is 12.2 Å². The molecule has 0 bridgehead atoms. The third kappa shape index (κ3) is 12.6. The van der Waals surface area contributed by atoms with Crippen LogP contribution < -0.4 is 14.2 Å². The normalized spacial score (nSPS) is 9.16. The molecule has 7 nitrogen and oxygen atoms in total. The van der Waals surface area contributed by atoms with Crippen molar-refractivity contribution in [1.29, 1.82) is 0 Å². The third-order valence-electron chi connectivity index (χ3n) is 4.66. The highest BCUT2D eigenvalue weighted by molar-refractivity contribution is 5.81. The number of aliphatic hydroxyl groups excluding tert-OH is 1. The van der Waals surface area contributed by atoms with Crippen LogP contribution in [0.2, 0.25) is 0 Å². The highest BCUT2D eigenvalue weighted by Gasteiger charge is 1.98. The van der Waals surface area contributed by atoms with Crippen molar-refractivity contribution in [2.75, 3.05) is 21.3 Å². The number of methoxy groups -OCH3 is 3. The van der Waals surface area contributed by atoms with Crippen LogP contribution in [0, 0.1) is 0 Å². The van der Waals surface area contributed by atoms with Crippen molar-refractivity contribution >= 4 is 11.7 Å². The van der Waals surface area contributed by atoms with Crippen LogP contribution in [0.4, 0.5) is 0 Å². The minimum absolute atomic E-state index is 0.0765. The van der Waals surface area contributed by atoms with Crippen LogP contribution in [0.3, 0.4) is 0 Å². The molecule has 0 radical (unpaired) electrons. The van der Waals surface area contributed by atoms with Gasteiger partial charge in [0.15, 0.2) is 0 Å². The Balaban J connectivity index is 0.000000280. The van der Waals surface area contributed by atoms with E-state index in [9.17, 15) is 4.79 Å². The molecule has 37 heavy (non-hydrogen) atoms. The molecule has 0 amide bonds. The van der Waals surface area contributed by atoms with Gasteiger partial charge in [-0.2, -0.15) is 0 Å². The zero-order chi connectivity index (χ0) is 27.5. The number of carbonyl (C=O) groups excluding carboxylic acids is 1. The van der Waals surface area contributed by atoms with E-state index in [-0.39, 0.29) is 12.4 Å². The van der Waals surface area contributed by atoms with Gasteiger partial charge in [-0.1, -0.05) is 44.0 Å². The Bertz CT molecular complexity index is 1090. The molecular formula is C30H34O7. The molecule has 3 rings (SSSR count). The quantitative estimate of drug-likeness (QED) is 0.191. The van der Waals surface area contributed by atoms with Crippen LogP contribution in [0.25, 0.3) is 5.76 Å². The number of carbonyl (C=O) groups is 1. The summed E-state index contributed by atoms with van der Waals surface area (Å²) in [6, 6.07) is 22.1. The second-order valence-electron chi connectivity index (χ2n) is 7.16. The molecule has 7 heteroatoms. The predicted molar refractivity (Wildman–Crippen MR) is 146 cm³/mol. The van der Waals surface area contributed by atoms with E-state index in [1.165, 1.54) is 6.26 Å². The van der Waals surface area contributed by atoms with Gasteiger partial charge in [0.2, 0.25) is 0 Å². The molecule has 3 aromatic carbocycles. The number of esters is 1. The maximum atomic E-state index is 10.7. The van der Waals surface area contributed by atoms with Gasteiger partial charge in [0, 0.05) is 11.6 Å². The molecule has 196 valence electrons. The van der Waals surface area contributed by atoms with Crippen LogP contribution >= 0.6 is 0 Å². The van der Waals surface area contributed by atoms with Gasteiger partial charge in [0.1, 0.15) is 36.2 Å². The lowest BCUT2D eigenvalue weighted by Crippen LogP contribution is -1.99. The van der Waals surface area contributed by atoms with Gasteiger partial charge in [-0.3, -0.25) is 0 Å². The molecule has 0 aliphatic rings. The van der Waals surface area contributed by atoms with E-state index in [2.05, 4.69) is 19.7 Å². The SMILES string of the molecule is C=C(O)c1ccc(OC)cc1.C=CC(=O)OCc1ccc(OC)cc1.C=COCc1ccc(OC)cc1. The molecular weight excluding hydrogens is 472 g/mol. The summed E-state index contributed by atoms with van der Waals surface area (Å²) in [7, 11) is 4.85. The van der Waals surface area contributed by atoms with E-state index >= 15 is 0 Å². The molecule has 0 aliphatic carbocycles. The van der Waals surface area contributed by atoms with Crippen molar-refractivity contribution < 1.29 is 33.6 Å². The molecule has 0 saturated heterocycles. The molecule has 0 spiro atoms. The average Bonchev–Trinajstić information content (AvgIpc) is 2.96. The predicted octanol–water partition coefficient (Wildman–Crippen LogP) is 6.50. The summed E-state index contributed by atoms with van der Waals surface area (Å²) in [6.07, 6.45) is 2.58. The van der Waals surface area contributed by atoms with Gasteiger partial charge >= 0.3 is 5.97 Å². The lowest BCUT2D eigenvalue weighted by Gasteiger charge is -2.03. The number of aliphatic hydroxyl groups is 1. The summed E-state index contributed by atoms with van der Waals surface area (Å²) in [6.45, 7) is 11.0. The highest BCUT2D eigenvalue weighted by Crippen LogP contribution is 2.15. The second kappa shape index (κ2) is 17.7. The highest BCUT2D eigenvalue weighted by atomic mass is 16.5. The Kier molecular flexibility index (Phi) is 14.6. The topological polar surface area (TPSA) is 83.5 Å². The minimum atomic E-state index is -0.416. The van der Waals surface area contributed by atoms with E-state index < -0.39 is 5.97 Å². The first-order valence-electron chi connectivity index (χ1n) is 11.2. The monoisotopic (exact) mass is 506 g/mol. The van der Waals surface area contributed by atoms with Crippen molar-refractivity contribution in [1.82, 2.24) is 0 Å². The summed E-state index contributed by atoms with van der Waals surface area (Å²) < 4.78 is 24.8. The summed E-state index contributed by atoms with van der Waals surface area (Å²) in [5.41, 5.74) is 2.74. The van der Waals surface area contributed by atoms with Gasteiger partial charge in [-0.05, 0) is 59.7 Å². The lowest BCUT2D eigenvalue weighted by atomic mass is 10.2. The third-order valence-corrected chi connectivity index (χ3v) is 4.66. The molecule has 0 fully saturated rings. The number of hydrogen-bond acceptors (Lipinski definition) is 7. The number of rotatable bonds is 10. The van der Waals surface area contributed by atoms with Crippen LogP contribution in [0.1, 0.15) is 16.7 Å². The van der Waals surface area contributed by atoms with Crippen molar-refractivity contribution in [3.05, 3.63) is 122 Å². The van der Waals surface area contributed by atoms with Gasteiger partial charge in [-0.15, -0.1) is 0 Å². The number of ether oxygens (including phenoxy) is 5. The molecule has 0 saturated carbocycles. The van der Waals surface area contributed by atoms with Crippen molar-refractivity contribution in [3.8, 4) is 17.2 Å². The molecule has 0 heterocycles. The molecule has 0 aliphatic heterocycles. The van der Waals surface area contributed by atoms with Gasteiger partial charge in [0.25, 0.3) is 0 Å². The van der Waals surface area contributed by atoms with Crippen LogP contribution in [-0.4, -0.2) is 32.4 Å². The fraction of sp³-hybridized carbons (Fsp3) is 0.167. The summed E-state index contributed by atoms with van der Waals surface area (Å²) in [5, 5.41) is 8.95. The van der Waals surface area contributed by atoms with Gasteiger partial charge in [-0.25, -0.2) is 4.79 Å². The molecule has 0 atom stereocenters. The Morgan fingerprint density at radius 1 is 0.730 bits per heavy atom. The van der Waals surface area contributed by atoms with Crippen molar-refractivity contribution in [2.45, 2.75) is 13.2 Å². The molecule has 0 unspecified atom stereocenters. The Morgan fingerprint density at radius 3 is 1.49 bits per heavy atom. The van der Waals surface area contributed by atoms with Crippen LogP contribution in [0.15, 0.2) is 105 Å². The zero-order valence-electron chi connectivity index (χ0n) is 21.5. The first-order chi connectivity index (χ1) is 17.9. The lowest BCUT2D eigenvalue weighted by molar-refractivity contribution is -0.138. The first kappa shape index (κ1) is 30.4. The molecule has 1 N–H and O–H groups in total. The van der Waals surface area contributed by atoms with E-state index in [1.54, 1.807) is 45.6 Å². The fourth-order valence-electron chi connectivity index (χ4n) is 2.60. The summed E-state index contributed by atoms with van der Waals surface area (Å²) in [5.74, 6) is 2.07. The number of benzene rings is 3. The average molecular weight is 507 g/mol. The summed E-state index contributed by atoms with van der Waals surface area (Å²) >= 11 is 0. The molecule has 0 aromatic heterocycles. The Labute approximate surface area is 218 Å². The van der Waals surface area contributed by atoms with Crippen LogP contribution in [-0.2, 0) is 27.5 Å². The number of hydrogen-bond donors (Lipinski definition) is 1. The minimum Gasteiger partial charge on any atom is -0.508 e. The Hall–Kier alpha value is -4.65. The smallest absolute Gasteiger partial charge is 0.330 e. The van der Waals surface area contributed by atoms with E-state index in [0.717, 1.165) is 34.5 Å². The van der Waals surface area contributed by atoms with Gasteiger partial charge < -0.3 is 28.8 Å². The second-order valence-corrected chi connectivity index (χ2v) is 7.16. The van der Waals surface area contributed by atoms with Crippen LogP contribution in [0.5, 0.6) is 17.2 Å².